The second-order valence-electron chi connectivity index (χ2n) is 8.40. The van der Waals surface area contributed by atoms with Gasteiger partial charge in [-0.25, -0.2) is 0 Å². The average molecular weight is 412 g/mol. The quantitative estimate of drug-likeness (QED) is 0.601. The number of ether oxygens (including phenoxy) is 2. The highest BCUT2D eigenvalue weighted by Gasteiger charge is 2.22. The number of aromatic nitrogens is 1. The molecule has 0 atom stereocenters. The van der Waals surface area contributed by atoms with Gasteiger partial charge in [-0.05, 0) is 73.6 Å². The molecular formula is C25H33NO4. The van der Waals surface area contributed by atoms with Crippen LogP contribution in [-0.4, -0.2) is 30.0 Å². The van der Waals surface area contributed by atoms with Crippen LogP contribution < -0.4 is 4.74 Å². The first-order valence-corrected chi connectivity index (χ1v) is 10.8. The molecule has 5 heteroatoms. The number of hydrogen-bond acceptors (Lipinski definition) is 4. The van der Waals surface area contributed by atoms with E-state index in [9.17, 15) is 9.90 Å². The van der Waals surface area contributed by atoms with E-state index in [-0.39, 0.29) is 13.2 Å². The summed E-state index contributed by atoms with van der Waals surface area (Å²) in [5.41, 5.74) is 7.54. The number of rotatable bonds is 8. The number of carbonyl (C=O) groups is 1. The molecule has 0 unspecified atom stereocenters. The predicted molar refractivity (Wildman–Crippen MR) is 117 cm³/mol. The summed E-state index contributed by atoms with van der Waals surface area (Å²) < 4.78 is 10.9. The maximum Gasteiger partial charge on any atom is 0.307 e. The summed E-state index contributed by atoms with van der Waals surface area (Å²) in [6.07, 6.45) is 6.87. The highest BCUT2D eigenvalue weighted by molar-refractivity contribution is 5.71. The second kappa shape index (κ2) is 10.1. The molecule has 0 spiro atoms. The van der Waals surface area contributed by atoms with Crippen molar-refractivity contribution in [3.05, 3.63) is 57.4 Å². The zero-order chi connectivity index (χ0) is 21.7. The summed E-state index contributed by atoms with van der Waals surface area (Å²) in [5, 5.41) is 9.19. The number of carboxylic acids is 1. The summed E-state index contributed by atoms with van der Waals surface area (Å²) in [6.45, 7) is 6.38. The van der Waals surface area contributed by atoms with Crippen molar-refractivity contribution in [1.82, 2.24) is 4.98 Å². The van der Waals surface area contributed by atoms with Crippen molar-refractivity contribution < 1.29 is 19.4 Å². The molecule has 1 N–H and O–H groups in total. The Balaban J connectivity index is 1.92. The Morgan fingerprint density at radius 3 is 2.53 bits per heavy atom. The van der Waals surface area contributed by atoms with Crippen LogP contribution in [0.3, 0.4) is 0 Å². The minimum absolute atomic E-state index is 0.0589. The van der Waals surface area contributed by atoms with Crippen molar-refractivity contribution in [2.45, 2.75) is 71.6 Å². The Morgan fingerprint density at radius 1 is 1.13 bits per heavy atom. The smallest absolute Gasteiger partial charge is 0.307 e. The monoisotopic (exact) mass is 411 g/mol. The highest BCUT2D eigenvalue weighted by Crippen LogP contribution is 2.37. The molecule has 1 saturated carbocycles. The van der Waals surface area contributed by atoms with Crippen molar-refractivity contribution in [3.63, 3.8) is 0 Å². The second-order valence-corrected chi connectivity index (χ2v) is 8.40. The largest absolute Gasteiger partial charge is 0.481 e. The van der Waals surface area contributed by atoms with E-state index < -0.39 is 5.97 Å². The van der Waals surface area contributed by atoms with Crippen LogP contribution in [0.15, 0.2) is 18.2 Å². The first kappa shape index (κ1) is 22.3. The normalized spacial score (nSPS) is 14.7. The standard InChI is InChI=1S/C25H33NO4/c1-16-12-20(13-24(27)28)17(2)18(3)22(16)14-21-10-11-23(30-15-29-4)25(26-21)19-8-6-5-7-9-19/h10-12,19H,5-9,13-15H2,1-4H3,(H,27,28). The van der Waals surface area contributed by atoms with Crippen molar-refractivity contribution in [2.24, 2.45) is 0 Å². The number of pyridine rings is 1. The van der Waals surface area contributed by atoms with E-state index in [1.54, 1.807) is 7.11 Å². The van der Waals surface area contributed by atoms with Gasteiger partial charge < -0.3 is 14.6 Å². The molecule has 1 fully saturated rings. The molecule has 5 nitrogen and oxygen atoms in total. The van der Waals surface area contributed by atoms with Gasteiger partial charge in [0.1, 0.15) is 5.75 Å². The van der Waals surface area contributed by atoms with E-state index >= 15 is 0 Å². The minimum Gasteiger partial charge on any atom is -0.481 e. The van der Waals surface area contributed by atoms with Gasteiger partial charge >= 0.3 is 5.97 Å². The maximum atomic E-state index is 11.2. The number of benzene rings is 1. The zero-order valence-electron chi connectivity index (χ0n) is 18.6. The molecule has 0 saturated heterocycles. The van der Waals surface area contributed by atoms with E-state index in [4.69, 9.17) is 14.5 Å². The van der Waals surface area contributed by atoms with Gasteiger partial charge in [0.25, 0.3) is 0 Å². The molecule has 1 aromatic carbocycles. The summed E-state index contributed by atoms with van der Waals surface area (Å²) in [4.78, 5) is 16.2. The SMILES string of the molecule is COCOc1ccc(Cc2c(C)cc(CC(=O)O)c(C)c2C)nc1C1CCCCC1. The number of aryl methyl sites for hydroxylation is 1. The van der Waals surface area contributed by atoms with Crippen molar-refractivity contribution in [1.29, 1.82) is 0 Å². The van der Waals surface area contributed by atoms with Crippen LogP contribution in [0, 0.1) is 20.8 Å². The molecule has 1 aliphatic rings. The molecule has 0 bridgehead atoms. The molecule has 30 heavy (non-hydrogen) atoms. The minimum atomic E-state index is -0.796. The van der Waals surface area contributed by atoms with Crippen molar-refractivity contribution >= 4 is 5.97 Å². The van der Waals surface area contributed by atoms with Gasteiger partial charge in [-0.3, -0.25) is 9.78 Å². The third-order valence-electron chi connectivity index (χ3n) is 6.33. The Kier molecular flexibility index (Phi) is 7.48. The Bertz CT molecular complexity index is 901. The Morgan fingerprint density at radius 2 is 1.87 bits per heavy atom. The first-order chi connectivity index (χ1) is 14.4. The molecule has 1 aromatic heterocycles. The number of carboxylic acid groups (broad SMARTS) is 1. The van der Waals surface area contributed by atoms with E-state index in [1.165, 1.54) is 24.8 Å². The van der Waals surface area contributed by atoms with Crippen LogP contribution in [0.25, 0.3) is 0 Å². The fourth-order valence-corrected chi connectivity index (χ4v) is 4.54. The molecule has 0 aliphatic heterocycles. The summed E-state index contributed by atoms with van der Waals surface area (Å²) >= 11 is 0. The topological polar surface area (TPSA) is 68.7 Å². The van der Waals surface area contributed by atoms with E-state index in [1.807, 2.05) is 25.1 Å². The van der Waals surface area contributed by atoms with Crippen LogP contribution in [0.2, 0.25) is 0 Å². The third kappa shape index (κ3) is 5.20. The lowest BCUT2D eigenvalue weighted by Gasteiger charge is -2.24. The van der Waals surface area contributed by atoms with Crippen molar-refractivity contribution in [3.8, 4) is 5.75 Å². The predicted octanol–water partition coefficient (Wildman–Crippen LogP) is 5.26. The van der Waals surface area contributed by atoms with Gasteiger partial charge in [0, 0.05) is 25.1 Å². The van der Waals surface area contributed by atoms with Gasteiger partial charge in [-0.1, -0.05) is 25.3 Å². The van der Waals surface area contributed by atoms with Crippen LogP contribution in [0.5, 0.6) is 5.75 Å². The van der Waals surface area contributed by atoms with Crippen LogP contribution >= 0.6 is 0 Å². The number of hydrogen-bond donors (Lipinski definition) is 1. The summed E-state index contributed by atoms with van der Waals surface area (Å²) in [5.74, 6) is 0.469. The number of methoxy groups -OCH3 is 1. The van der Waals surface area contributed by atoms with Gasteiger partial charge in [-0.2, -0.15) is 0 Å². The lowest BCUT2D eigenvalue weighted by molar-refractivity contribution is -0.136. The van der Waals surface area contributed by atoms with Gasteiger partial charge in [0.05, 0.1) is 12.1 Å². The van der Waals surface area contributed by atoms with Crippen LogP contribution in [0.1, 0.15) is 77.2 Å². The summed E-state index contributed by atoms with van der Waals surface area (Å²) in [6, 6.07) is 6.09. The first-order valence-electron chi connectivity index (χ1n) is 10.8. The van der Waals surface area contributed by atoms with Gasteiger partial charge in [0.2, 0.25) is 0 Å². The van der Waals surface area contributed by atoms with Crippen LogP contribution in [0.4, 0.5) is 0 Å². The molecular weight excluding hydrogens is 378 g/mol. The van der Waals surface area contributed by atoms with Gasteiger partial charge in [0.15, 0.2) is 6.79 Å². The average Bonchev–Trinajstić information content (AvgIpc) is 2.74. The summed E-state index contributed by atoms with van der Waals surface area (Å²) in [7, 11) is 1.63. The van der Waals surface area contributed by atoms with E-state index in [0.717, 1.165) is 58.7 Å². The molecule has 2 aromatic rings. The third-order valence-corrected chi connectivity index (χ3v) is 6.33. The molecule has 3 rings (SSSR count). The molecule has 0 radical (unpaired) electrons. The van der Waals surface area contributed by atoms with Gasteiger partial charge in [-0.15, -0.1) is 0 Å². The van der Waals surface area contributed by atoms with E-state index in [2.05, 4.69) is 13.8 Å². The fraction of sp³-hybridized carbons (Fsp3) is 0.520. The molecule has 1 aliphatic carbocycles. The van der Waals surface area contributed by atoms with E-state index in [0.29, 0.717) is 5.92 Å². The maximum absolute atomic E-state index is 11.2. The van der Waals surface area contributed by atoms with Crippen LogP contribution in [-0.2, 0) is 22.4 Å². The molecule has 1 heterocycles. The lowest BCUT2D eigenvalue weighted by Crippen LogP contribution is -2.12. The highest BCUT2D eigenvalue weighted by atomic mass is 16.7. The molecule has 162 valence electrons. The zero-order valence-corrected chi connectivity index (χ0v) is 18.6. The number of aliphatic carboxylic acids is 1. The van der Waals surface area contributed by atoms with Crippen molar-refractivity contribution in [2.75, 3.05) is 13.9 Å². The Hall–Kier alpha value is -2.40. The lowest BCUT2D eigenvalue weighted by atomic mass is 9.86. The molecule has 0 amide bonds. The number of nitrogens with zero attached hydrogens (tertiary/aromatic N) is 1. The fourth-order valence-electron chi connectivity index (χ4n) is 4.54. The Labute approximate surface area is 179 Å².